The summed E-state index contributed by atoms with van der Waals surface area (Å²) >= 11 is 0. The van der Waals surface area contributed by atoms with Crippen LogP contribution in [0.3, 0.4) is 0 Å². The number of amides is 1. The molecule has 0 saturated heterocycles. The summed E-state index contributed by atoms with van der Waals surface area (Å²) in [5, 5.41) is 13.2. The Labute approximate surface area is 160 Å². The molecule has 1 amide bonds. The number of anilines is 1. The maximum atomic E-state index is 13.4. The zero-order valence-corrected chi connectivity index (χ0v) is 15.2. The minimum atomic E-state index is -1.13. The summed E-state index contributed by atoms with van der Waals surface area (Å²) in [5.41, 5.74) is 2.01. The topological polar surface area (TPSA) is 98.5 Å². The number of nitro benzene ring substituents is 1. The van der Waals surface area contributed by atoms with Crippen LogP contribution >= 0.6 is 0 Å². The van der Waals surface area contributed by atoms with Gasteiger partial charge in [-0.25, -0.2) is 4.79 Å². The highest BCUT2D eigenvalue weighted by Gasteiger charge is 2.22. The molecule has 0 radical (unpaired) electrons. The van der Waals surface area contributed by atoms with E-state index in [4.69, 9.17) is 4.74 Å². The van der Waals surface area contributed by atoms with Crippen molar-refractivity contribution in [2.24, 2.45) is 0 Å². The normalized spacial score (nSPS) is 13.9. The van der Waals surface area contributed by atoms with Gasteiger partial charge in [-0.05, 0) is 68.0 Å². The van der Waals surface area contributed by atoms with Gasteiger partial charge in [-0.1, -0.05) is 6.07 Å². The first-order valence-corrected chi connectivity index (χ1v) is 8.93. The highest BCUT2D eigenvalue weighted by atomic mass is 19.1. The van der Waals surface area contributed by atoms with Gasteiger partial charge in [-0.2, -0.15) is 4.39 Å². The van der Waals surface area contributed by atoms with Gasteiger partial charge in [-0.15, -0.1) is 0 Å². The molecule has 8 heteroatoms. The summed E-state index contributed by atoms with van der Waals surface area (Å²) in [6.07, 6.45) is 2.99. The lowest BCUT2D eigenvalue weighted by Crippen LogP contribution is -2.30. The SMILES string of the molecule is C[C@@H](OC(=O)c1ccc2c(c1)CCCC2)C(=O)Nc1ccc(F)c([N+](=O)[O-])c1. The van der Waals surface area contributed by atoms with E-state index in [1.54, 1.807) is 12.1 Å². The predicted molar refractivity (Wildman–Crippen MR) is 99.6 cm³/mol. The van der Waals surface area contributed by atoms with Crippen molar-refractivity contribution >= 4 is 23.3 Å². The van der Waals surface area contributed by atoms with E-state index < -0.39 is 34.4 Å². The van der Waals surface area contributed by atoms with Crippen LogP contribution in [0.25, 0.3) is 0 Å². The lowest BCUT2D eigenvalue weighted by Gasteiger charge is -2.17. The fourth-order valence-electron chi connectivity index (χ4n) is 3.12. The van der Waals surface area contributed by atoms with E-state index in [0.717, 1.165) is 43.4 Å². The number of hydrogen-bond donors (Lipinski definition) is 1. The predicted octanol–water partition coefficient (Wildman–Crippen LogP) is 3.80. The number of nitrogens with one attached hydrogen (secondary N) is 1. The molecule has 2 aromatic carbocycles. The molecule has 1 aliphatic rings. The average molecular weight is 386 g/mol. The molecule has 3 rings (SSSR count). The number of rotatable bonds is 5. The first-order chi connectivity index (χ1) is 13.3. The Kier molecular flexibility index (Phi) is 5.67. The Morgan fingerprint density at radius 2 is 1.86 bits per heavy atom. The quantitative estimate of drug-likeness (QED) is 0.479. The first kappa shape index (κ1) is 19.5. The number of fused-ring (bicyclic) bond motifs is 1. The van der Waals surface area contributed by atoms with Gasteiger partial charge < -0.3 is 10.1 Å². The van der Waals surface area contributed by atoms with E-state index in [1.807, 2.05) is 6.07 Å². The van der Waals surface area contributed by atoms with Crippen LogP contribution in [0.2, 0.25) is 0 Å². The Hall–Kier alpha value is -3.29. The Morgan fingerprint density at radius 3 is 2.57 bits per heavy atom. The second kappa shape index (κ2) is 8.16. The smallest absolute Gasteiger partial charge is 0.338 e. The highest BCUT2D eigenvalue weighted by Crippen LogP contribution is 2.23. The molecule has 0 bridgehead atoms. The molecular weight excluding hydrogens is 367 g/mol. The molecule has 28 heavy (non-hydrogen) atoms. The third-order valence-electron chi connectivity index (χ3n) is 4.65. The minimum Gasteiger partial charge on any atom is -0.449 e. The molecule has 0 fully saturated rings. The van der Waals surface area contributed by atoms with Gasteiger partial charge in [0.2, 0.25) is 5.82 Å². The molecule has 2 aromatic rings. The van der Waals surface area contributed by atoms with E-state index in [1.165, 1.54) is 18.6 Å². The number of hydrogen-bond acceptors (Lipinski definition) is 5. The summed E-state index contributed by atoms with van der Waals surface area (Å²) in [4.78, 5) is 34.5. The van der Waals surface area contributed by atoms with Crippen molar-refractivity contribution in [3.63, 3.8) is 0 Å². The molecule has 0 saturated carbocycles. The van der Waals surface area contributed by atoms with Crippen molar-refractivity contribution in [3.8, 4) is 0 Å². The van der Waals surface area contributed by atoms with Crippen LogP contribution in [0.4, 0.5) is 15.8 Å². The second-order valence-corrected chi connectivity index (χ2v) is 6.65. The average Bonchev–Trinajstić information content (AvgIpc) is 2.68. The molecule has 7 nitrogen and oxygen atoms in total. The summed E-state index contributed by atoms with van der Waals surface area (Å²) in [7, 11) is 0. The number of esters is 1. The molecule has 0 aromatic heterocycles. The summed E-state index contributed by atoms with van der Waals surface area (Å²) in [5.74, 6) is -2.30. The summed E-state index contributed by atoms with van der Waals surface area (Å²) in [6.45, 7) is 1.39. The van der Waals surface area contributed by atoms with E-state index >= 15 is 0 Å². The van der Waals surface area contributed by atoms with Gasteiger partial charge in [0, 0.05) is 11.8 Å². The van der Waals surface area contributed by atoms with E-state index in [9.17, 15) is 24.1 Å². The van der Waals surface area contributed by atoms with Crippen LogP contribution < -0.4 is 5.32 Å². The van der Waals surface area contributed by atoms with Crippen LogP contribution in [0, 0.1) is 15.9 Å². The maximum Gasteiger partial charge on any atom is 0.338 e. The molecular formula is C20H19FN2O5. The maximum absolute atomic E-state index is 13.4. The van der Waals surface area contributed by atoms with Gasteiger partial charge in [0.1, 0.15) is 0 Å². The number of benzene rings is 2. The molecule has 1 atom stereocenters. The third-order valence-corrected chi connectivity index (χ3v) is 4.65. The molecule has 0 heterocycles. The lowest BCUT2D eigenvalue weighted by atomic mass is 9.90. The number of ether oxygens (including phenoxy) is 1. The Balaban J connectivity index is 1.65. The van der Waals surface area contributed by atoms with Crippen molar-refractivity contribution in [2.45, 2.75) is 38.7 Å². The first-order valence-electron chi connectivity index (χ1n) is 8.93. The van der Waals surface area contributed by atoms with Gasteiger partial charge >= 0.3 is 11.7 Å². The number of carbonyl (C=O) groups is 2. The fourth-order valence-corrected chi connectivity index (χ4v) is 3.12. The summed E-state index contributed by atoms with van der Waals surface area (Å²) in [6, 6.07) is 8.37. The second-order valence-electron chi connectivity index (χ2n) is 6.65. The fraction of sp³-hybridized carbons (Fsp3) is 0.300. The zero-order chi connectivity index (χ0) is 20.3. The molecule has 146 valence electrons. The number of nitro groups is 1. The van der Waals surface area contributed by atoms with Crippen molar-refractivity contribution in [1.82, 2.24) is 0 Å². The van der Waals surface area contributed by atoms with E-state index in [0.29, 0.717) is 5.56 Å². The number of aryl methyl sites for hydroxylation is 2. The van der Waals surface area contributed by atoms with Crippen LogP contribution in [0.1, 0.15) is 41.3 Å². The molecule has 0 aliphatic heterocycles. The Bertz CT molecular complexity index is 944. The number of halogens is 1. The van der Waals surface area contributed by atoms with Crippen LogP contribution in [-0.4, -0.2) is 22.9 Å². The minimum absolute atomic E-state index is 0.0368. The van der Waals surface area contributed by atoms with E-state index in [2.05, 4.69) is 5.32 Å². The highest BCUT2D eigenvalue weighted by molar-refractivity contribution is 5.97. The van der Waals surface area contributed by atoms with Crippen LogP contribution in [0.5, 0.6) is 0 Å². The van der Waals surface area contributed by atoms with Crippen molar-refractivity contribution in [1.29, 1.82) is 0 Å². The molecule has 1 aliphatic carbocycles. The van der Waals surface area contributed by atoms with Gasteiger partial charge in [-0.3, -0.25) is 14.9 Å². The molecule has 0 spiro atoms. The number of carbonyl (C=O) groups excluding carboxylic acids is 2. The van der Waals surface area contributed by atoms with Crippen molar-refractivity contribution in [3.05, 3.63) is 69.0 Å². The monoisotopic (exact) mass is 386 g/mol. The van der Waals surface area contributed by atoms with Gasteiger partial charge in [0.15, 0.2) is 6.10 Å². The van der Waals surface area contributed by atoms with Gasteiger partial charge in [0.25, 0.3) is 5.91 Å². The Morgan fingerprint density at radius 1 is 1.14 bits per heavy atom. The summed E-state index contributed by atoms with van der Waals surface area (Å²) < 4.78 is 18.6. The van der Waals surface area contributed by atoms with E-state index in [-0.39, 0.29) is 5.69 Å². The van der Waals surface area contributed by atoms with Crippen molar-refractivity contribution < 1.29 is 23.6 Å². The van der Waals surface area contributed by atoms with Crippen LogP contribution in [-0.2, 0) is 22.4 Å². The zero-order valence-electron chi connectivity index (χ0n) is 15.2. The number of nitrogens with zero attached hydrogens (tertiary/aromatic N) is 1. The molecule has 0 unspecified atom stereocenters. The molecule has 1 N–H and O–H groups in total. The van der Waals surface area contributed by atoms with Crippen molar-refractivity contribution in [2.75, 3.05) is 5.32 Å². The third kappa shape index (κ3) is 4.33. The lowest BCUT2D eigenvalue weighted by molar-refractivity contribution is -0.387. The standard InChI is InChI=1S/C20H19FN2O5/c1-12(19(24)22-16-8-9-17(21)18(11-16)23(26)27)28-20(25)15-7-6-13-4-2-3-5-14(13)10-15/h6-12H,2-5H2,1H3,(H,22,24)/t12-/m1/s1. The van der Waals surface area contributed by atoms with Crippen LogP contribution in [0.15, 0.2) is 36.4 Å². The van der Waals surface area contributed by atoms with Gasteiger partial charge in [0.05, 0.1) is 10.5 Å². The largest absolute Gasteiger partial charge is 0.449 e.